The highest BCUT2D eigenvalue weighted by Gasteiger charge is 2.47. The van der Waals surface area contributed by atoms with Crippen molar-refractivity contribution in [3.8, 4) is 0 Å². The minimum absolute atomic E-state index is 0.158. The second kappa shape index (κ2) is 3.77. The van der Waals surface area contributed by atoms with Crippen molar-refractivity contribution in [3.05, 3.63) is 24.2 Å². The lowest BCUT2D eigenvalue weighted by Gasteiger charge is -2.14. The predicted octanol–water partition coefficient (Wildman–Crippen LogP) is 1.24. The van der Waals surface area contributed by atoms with E-state index in [2.05, 4.69) is 17.2 Å². The standard InChI is InChI=1S/C11H15FN2O/c1-3-8(6(2)12)14-11(15)10-5-7-4-9(7)13-10/h3,7,9-10,13H,2,4-5H2,1H3,(H,14,15). The van der Waals surface area contributed by atoms with Crippen LogP contribution < -0.4 is 10.6 Å². The van der Waals surface area contributed by atoms with Crippen molar-refractivity contribution in [1.82, 2.24) is 10.6 Å². The summed E-state index contributed by atoms with van der Waals surface area (Å²) < 4.78 is 12.8. The molecular formula is C11H15FN2O. The van der Waals surface area contributed by atoms with E-state index in [0.717, 1.165) is 6.42 Å². The molecule has 1 aliphatic heterocycles. The zero-order valence-electron chi connectivity index (χ0n) is 8.72. The van der Waals surface area contributed by atoms with E-state index in [4.69, 9.17) is 0 Å². The lowest BCUT2D eigenvalue weighted by Crippen LogP contribution is -2.41. The van der Waals surface area contributed by atoms with Gasteiger partial charge in [0.25, 0.3) is 0 Å². The summed E-state index contributed by atoms with van der Waals surface area (Å²) in [5.41, 5.74) is 0.169. The number of carbonyl (C=O) groups is 1. The third-order valence-corrected chi connectivity index (χ3v) is 3.03. The number of nitrogens with one attached hydrogen (secondary N) is 2. The Balaban J connectivity index is 1.89. The number of rotatable bonds is 3. The van der Waals surface area contributed by atoms with Crippen LogP contribution in [0, 0.1) is 5.92 Å². The van der Waals surface area contributed by atoms with Gasteiger partial charge in [0.2, 0.25) is 5.91 Å². The Kier molecular flexibility index (Phi) is 2.61. The third kappa shape index (κ3) is 2.09. The molecule has 1 saturated heterocycles. The van der Waals surface area contributed by atoms with Crippen LogP contribution in [0.15, 0.2) is 24.2 Å². The molecule has 2 rings (SSSR count). The first-order valence-electron chi connectivity index (χ1n) is 5.20. The van der Waals surface area contributed by atoms with Gasteiger partial charge in [-0.2, -0.15) is 0 Å². The van der Waals surface area contributed by atoms with E-state index >= 15 is 0 Å². The molecule has 15 heavy (non-hydrogen) atoms. The fourth-order valence-electron chi connectivity index (χ4n) is 2.04. The number of carbonyl (C=O) groups excluding carboxylic acids is 1. The van der Waals surface area contributed by atoms with Gasteiger partial charge in [-0.15, -0.1) is 0 Å². The highest BCUT2D eigenvalue weighted by atomic mass is 19.1. The summed E-state index contributed by atoms with van der Waals surface area (Å²) in [4.78, 5) is 11.7. The molecule has 4 heteroatoms. The van der Waals surface area contributed by atoms with E-state index in [1.165, 1.54) is 12.5 Å². The Morgan fingerprint density at radius 1 is 1.60 bits per heavy atom. The summed E-state index contributed by atoms with van der Waals surface area (Å²) in [5.74, 6) is -0.105. The Labute approximate surface area is 88.4 Å². The van der Waals surface area contributed by atoms with Gasteiger partial charge >= 0.3 is 0 Å². The van der Waals surface area contributed by atoms with E-state index in [1.807, 2.05) is 0 Å². The fourth-order valence-corrected chi connectivity index (χ4v) is 2.04. The maximum atomic E-state index is 12.8. The molecule has 3 unspecified atom stereocenters. The zero-order valence-corrected chi connectivity index (χ0v) is 8.72. The SMILES string of the molecule is C=C(F)C(=CC)NC(=O)C1CC2CC2N1. The fraction of sp³-hybridized carbons (Fsp3) is 0.545. The van der Waals surface area contributed by atoms with Gasteiger partial charge < -0.3 is 10.6 Å². The van der Waals surface area contributed by atoms with E-state index in [-0.39, 0.29) is 17.6 Å². The molecule has 82 valence electrons. The first-order valence-corrected chi connectivity index (χ1v) is 5.20. The lowest BCUT2D eigenvalue weighted by atomic mass is 10.1. The van der Waals surface area contributed by atoms with E-state index in [1.54, 1.807) is 6.92 Å². The van der Waals surface area contributed by atoms with Crippen LogP contribution in [-0.4, -0.2) is 18.0 Å². The average molecular weight is 210 g/mol. The summed E-state index contributed by atoms with van der Waals surface area (Å²) in [6, 6.07) is 0.353. The average Bonchev–Trinajstić information content (AvgIpc) is 2.81. The summed E-state index contributed by atoms with van der Waals surface area (Å²) in [7, 11) is 0. The quantitative estimate of drug-likeness (QED) is 0.688. The summed E-state index contributed by atoms with van der Waals surface area (Å²) in [6.07, 6.45) is 3.55. The van der Waals surface area contributed by atoms with Crippen LogP contribution in [-0.2, 0) is 4.79 Å². The Hall–Kier alpha value is -1.16. The topological polar surface area (TPSA) is 41.1 Å². The first kappa shape index (κ1) is 10.4. The smallest absolute Gasteiger partial charge is 0.241 e. The molecule has 0 spiro atoms. The van der Waals surface area contributed by atoms with Gasteiger partial charge in [0.05, 0.1) is 11.7 Å². The number of hydrogen-bond acceptors (Lipinski definition) is 2. The summed E-state index contributed by atoms with van der Waals surface area (Å²) in [6.45, 7) is 4.83. The number of allylic oxidation sites excluding steroid dienone is 2. The van der Waals surface area contributed by atoms with Gasteiger partial charge in [0, 0.05) is 6.04 Å². The minimum atomic E-state index is -0.603. The van der Waals surface area contributed by atoms with Crippen LogP contribution in [0.2, 0.25) is 0 Å². The van der Waals surface area contributed by atoms with Gasteiger partial charge in [-0.3, -0.25) is 4.79 Å². The summed E-state index contributed by atoms with van der Waals surface area (Å²) >= 11 is 0. The molecule has 1 heterocycles. The van der Waals surface area contributed by atoms with Gasteiger partial charge in [-0.05, 0) is 25.7 Å². The van der Waals surface area contributed by atoms with Crippen LogP contribution in [0.1, 0.15) is 19.8 Å². The van der Waals surface area contributed by atoms with Gasteiger partial charge in [0.1, 0.15) is 5.83 Å². The molecule has 1 aliphatic carbocycles. The van der Waals surface area contributed by atoms with E-state index in [0.29, 0.717) is 12.0 Å². The number of piperidine rings is 1. The van der Waals surface area contributed by atoms with Crippen molar-refractivity contribution in [2.75, 3.05) is 0 Å². The normalized spacial score (nSPS) is 33.5. The number of hydrogen-bond donors (Lipinski definition) is 2. The number of halogens is 1. The number of amides is 1. The maximum absolute atomic E-state index is 12.8. The third-order valence-electron chi connectivity index (χ3n) is 3.03. The Morgan fingerprint density at radius 2 is 2.33 bits per heavy atom. The predicted molar refractivity (Wildman–Crippen MR) is 55.6 cm³/mol. The zero-order chi connectivity index (χ0) is 11.0. The van der Waals surface area contributed by atoms with Crippen molar-refractivity contribution in [3.63, 3.8) is 0 Å². The van der Waals surface area contributed by atoms with Crippen molar-refractivity contribution < 1.29 is 9.18 Å². The minimum Gasteiger partial charge on any atom is -0.323 e. The highest BCUT2D eigenvalue weighted by Crippen LogP contribution is 2.40. The van der Waals surface area contributed by atoms with Crippen molar-refractivity contribution >= 4 is 5.91 Å². The molecule has 2 fully saturated rings. The Morgan fingerprint density at radius 3 is 2.80 bits per heavy atom. The van der Waals surface area contributed by atoms with Crippen molar-refractivity contribution in [1.29, 1.82) is 0 Å². The molecule has 3 atom stereocenters. The molecule has 0 aromatic carbocycles. The highest BCUT2D eigenvalue weighted by molar-refractivity contribution is 5.84. The molecule has 1 amide bonds. The largest absolute Gasteiger partial charge is 0.323 e. The molecule has 2 N–H and O–H groups in total. The van der Waals surface area contributed by atoms with Crippen molar-refractivity contribution in [2.24, 2.45) is 5.92 Å². The van der Waals surface area contributed by atoms with E-state index in [9.17, 15) is 9.18 Å². The number of fused-ring (bicyclic) bond motifs is 1. The molecule has 2 aliphatic rings. The monoisotopic (exact) mass is 210 g/mol. The van der Waals surface area contributed by atoms with Gasteiger partial charge in [-0.1, -0.05) is 12.7 Å². The van der Waals surface area contributed by atoms with Crippen molar-refractivity contribution in [2.45, 2.75) is 31.8 Å². The maximum Gasteiger partial charge on any atom is 0.241 e. The first-order chi connectivity index (χ1) is 7.11. The van der Waals surface area contributed by atoms with Crippen LogP contribution in [0.3, 0.4) is 0 Å². The molecule has 1 saturated carbocycles. The van der Waals surface area contributed by atoms with Crippen LogP contribution in [0.25, 0.3) is 0 Å². The Bertz CT molecular complexity index is 327. The van der Waals surface area contributed by atoms with Gasteiger partial charge in [-0.25, -0.2) is 4.39 Å². The summed E-state index contributed by atoms with van der Waals surface area (Å²) in [5, 5.41) is 5.74. The lowest BCUT2D eigenvalue weighted by molar-refractivity contribution is -0.122. The molecular weight excluding hydrogens is 195 g/mol. The van der Waals surface area contributed by atoms with Crippen LogP contribution in [0.4, 0.5) is 4.39 Å². The molecule has 0 aromatic heterocycles. The molecule has 0 bridgehead atoms. The van der Waals surface area contributed by atoms with Gasteiger partial charge in [0.15, 0.2) is 0 Å². The molecule has 3 nitrogen and oxygen atoms in total. The van der Waals surface area contributed by atoms with Crippen LogP contribution >= 0.6 is 0 Å². The molecule has 0 aromatic rings. The van der Waals surface area contributed by atoms with E-state index < -0.39 is 5.83 Å². The molecule has 0 radical (unpaired) electrons. The second-order valence-corrected chi connectivity index (χ2v) is 4.15. The van der Waals surface area contributed by atoms with Crippen LogP contribution in [0.5, 0.6) is 0 Å². The second-order valence-electron chi connectivity index (χ2n) is 4.15.